The first-order valence-corrected chi connectivity index (χ1v) is 7.23. The molecule has 0 spiro atoms. The summed E-state index contributed by atoms with van der Waals surface area (Å²) in [7, 11) is 0. The van der Waals surface area contributed by atoms with E-state index in [4.69, 9.17) is 11.2 Å². The standard InChI is InChI=1S/C17H25NO.ClH/c1-3-5-6-7-10-13-18-15-16-11-8-9-12-17(16)19-14-4-2;/h2,8-9,11-12,18H,3,5-7,10,13-15H2,1H3;1H. The molecular weight excluding hydrogens is 270 g/mol. The summed E-state index contributed by atoms with van der Waals surface area (Å²) in [5.74, 6) is 3.38. The van der Waals surface area contributed by atoms with Crippen molar-refractivity contribution in [3.05, 3.63) is 29.8 Å². The summed E-state index contributed by atoms with van der Waals surface area (Å²) in [4.78, 5) is 0. The zero-order chi connectivity index (χ0) is 13.8. The Hall–Kier alpha value is -1.17. The van der Waals surface area contributed by atoms with Crippen molar-refractivity contribution in [3.63, 3.8) is 0 Å². The van der Waals surface area contributed by atoms with E-state index < -0.39 is 0 Å². The minimum atomic E-state index is 0. The Bertz CT molecular complexity index is 387. The van der Waals surface area contributed by atoms with Gasteiger partial charge < -0.3 is 10.1 Å². The number of para-hydroxylation sites is 1. The molecule has 0 fully saturated rings. The topological polar surface area (TPSA) is 21.3 Å². The number of hydrogen-bond acceptors (Lipinski definition) is 2. The fraction of sp³-hybridized carbons (Fsp3) is 0.529. The highest BCUT2D eigenvalue weighted by Gasteiger charge is 2.01. The van der Waals surface area contributed by atoms with E-state index in [1.807, 2.05) is 18.2 Å². The van der Waals surface area contributed by atoms with Gasteiger partial charge >= 0.3 is 0 Å². The van der Waals surface area contributed by atoms with Crippen molar-refractivity contribution in [3.8, 4) is 18.1 Å². The molecule has 20 heavy (non-hydrogen) atoms. The lowest BCUT2D eigenvalue weighted by molar-refractivity contribution is 0.364. The van der Waals surface area contributed by atoms with Gasteiger partial charge in [0, 0.05) is 12.1 Å². The minimum Gasteiger partial charge on any atom is -0.481 e. The van der Waals surface area contributed by atoms with E-state index >= 15 is 0 Å². The molecule has 1 N–H and O–H groups in total. The molecule has 2 nitrogen and oxygen atoms in total. The van der Waals surface area contributed by atoms with Crippen molar-refractivity contribution < 1.29 is 4.74 Å². The molecule has 0 aliphatic carbocycles. The first-order chi connectivity index (χ1) is 9.38. The Balaban J connectivity index is 0.00000361. The van der Waals surface area contributed by atoms with Crippen LogP contribution in [0.25, 0.3) is 0 Å². The van der Waals surface area contributed by atoms with Gasteiger partial charge in [0.05, 0.1) is 0 Å². The second-order valence-electron chi connectivity index (χ2n) is 4.69. The summed E-state index contributed by atoms with van der Waals surface area (Å²) in [6.45, 7) is 4.47. The molecule has 0 radical (unpaired) electrons. The van der Waals surface area contributed by atoms with Crippen LogP contribution >= 0.6 is 12.4 Å². The van der Waals surface area contributed by atoms with Crippen LogP contribution in [-0.4, -0.2) is 13.2 Å². The van der Waals surface area contributed by atoms with E-state index in [-0.39, 0.29) is 12.4 Å². The Morgan fingerprint density at radius 2 is 1.90 bits per heavy atom. The predicted molar refractivity (Wildman–Crippen MR) is 88.5 cm³/mol. The lowest BCUT2D eigenvalue weighted by atomic mass is 10.1. The van der Waals surface area contributed by atoms with Crippen LogP contribution in [0, 0.1) is 12.3 Å². The molecule has 0 unspecified atom stereocenters. The number of benzene rings is 1. The lowest BCUT2D eigenvalue weighted by Crippen LogP contribution is -2.15. The largest absolute Gasteiger partial charge is 0.481 e. The van der Waals surface area contributed by atoms with Gasteiger partial charge in [-0.15, -0.1) is 18.8 Å². The summed E-state index contributed by atoms with van der Waals surface area (Å²) < 4.78 is 5.52. The minimum absolute atomic E-state index is 0. The SMILES string of the molecule is C#CCOc1ccccc1CNCCCCCCC.Cl. The number of unbranched alkanes of at least 4 members (excludes halogenated alkanes) is 4. The molecule has 112 valence electrons. The number of hydrogen-bond donors (Lipinski definition) is 1. The van der Waals surface area contributed by atoms with Crippen LogP contribution in [0.15, 0.2) is 24.3 Å². The van der Waals surface area contributed by atoms with Crippen molar-refractivity contribution in [2.24, 2.45) is 0 Å². The molecule has 0 amide bonds. The maximum atomic E-state index is 5.52. The Kier molecular flexibility index (Phi) is 12.1. The normalized spacial score (nSPS) is 9.60. The van der Waals surface area contributed by atoms with E-state index in [0.717, 1.165) is 18.8 Å². The van der Waals surface area contributed by atoms with Crippen molar-refractivity contribution in [1.29, 1.82) is 0 Å². The summed E-state index contributed by atoms with van der Waals surface area (Å²) in [5.41, 5.74) is 1.17. The average molecular weight is 296 g/mol. The van der Waals surface area contributed by atoms with Crippen molar-refractivity contribution in [2.45, 2.75) is 45.6 Å². The zero-order valence-electron chi connectivity index (χ0n) is 12.4. The van der Waals surface area contributed by atoms with Crippen LogP contribution in [-0.2, 0) is 6.54 Å². The number of rotatable bonds is 10. The van der Waals surface area contributed by atoms with Gasteiger partial charge in [-0.3, -0.25) is 0 Å². The molecule has 0 aliphatic heterocycles. The molecule has 1 aromatic carbocycles. The first kappa shape index (κ1) is 18.8. The quantitative estimate of drug-likeness (QED) is 0.516. The Morgan fingerprint density at radius 1 is 1.15 bits per heavy atom. The molecule has 0 aliphatic rings. The summed E-state index contributed by atoms with van der Waals surface area (Å²) in [6.07, 6.45) is 11.8. The third kappa shape index (κ3) is 8.09. The van der Waals surface area contributed by atoms with Crippen molar-refractivity contribution in [1.82, 2.24) is 5.32 Å². The Morgan fingerprint density at radius 3 is 2.65 bits per heavy atom. The fourth-order valence-electron chi connectivity index (χ4n) is 1.99. The van der Waals surface area contributed by atoms with Gasteiger partial charge in [-0.2, -0.15) is 0 Å². The van der Waals surface area contributed by atoms with Gasteiger partial charge in [0.2, 0.25) is 0 Å². The Labute approximate surface area is 129 Å². The van der Waals surface area contributed by atoms with Crippen LogP contribution in [0.2, 0.25) is 0 Å². The van der Waals surface area contributed by atoms with Gasteiger partial charge in [-0.25, -0.2) is 0 Å². The highest BCUT2D eigenvalue weighted by atomic mass is 35.5. The molecule has 3 heteroatoms. The van der Waals surface area contributed by atoms with E-state index in [1.54, 1.807) is 0 Å². The van der Waals surface area contributed by atoms with Gasteiger partial charge in [0.15, 0.2) is 0 Å². The van der Waals surface area contributed by atoms with Crippen LogP contribution in [0.1, 0.15) is 44.6 Å². The molecule has 0 heterocycles. The molecule has 0 bridgehead atoms. The molecular formula is C17H26ClNO. The van der Waals surface area contributed by atoms with Crippen LogP contribution in [0.5, 0.6) is 5.75 Å². The smallest absolute Gasteiger partial charge is 0.148 e. The number of nitrogens with one attached hydrogen (secondary N) is 1. The van der Waals surface area contributed by atoms with Gasteiger partial charge in [0.25, 0.3) is 0 Å². The molecule has 0 aromatic heterocycles. The second kappa shape index (κ2) is 12.8. The lowest BCUT2D eigenvalue weighted by Gasteiger charge is -2.10. The maximum Gasteiger partial charge on any atom is 0.148 e. The molecule has 0 atom stereocenters. The van der Waals surface area contributed by atoms with Crippen LogP contribution < -0.4 is 10.1 Å². The zero-order valence-corrected chi connectivity index (χ0v) is 13.2. The number of halogens is 1. The molecule has 1 rings (SSSR count). The van der Waals surface area contributed by atoms with Crippen molar-refractivity contribution in [2.75, 3.05) is 13.2 Å². The molecule has 1 aromatic rings. The first-order valence-electron chi connectivity index (χ1n) is 7.23. The highest BCUT2D eigenvalue weighted by molar-refractivity contribution is 5.85. The summed E-state index contributed by atoms with van der Waals surface area (Å²) in [6, 6.07) is 8.05. The fourth-order valence-corrected chi connectivity index (χ4v) is 1.99. The molecule has 0 saturated carbocycles. The summed E-state index contributed by atoms with van der Waals surface area (Å²) in [5, 5.41) is 3.46. The van der Waals surface area contributed by atoms with Gasteiger partial charge in [-0.05, 0) is 19.0 Å². The van der Waals surface area contributed by atoms with E-state index in [9.17, 15) is 0 Å². The third-order valence-corrected chi connectivity index (χ3v) is 3.06. The number of terminal acetylenes is 1. The van der Waals surface area contributed by atoms with Gasteiger partial charge in [-0.1, -0.05) is 56.7 Å². The van der Waals surface area contributed by atoms with Crippen LogP contribution in [0.3, 0.4) is 0 Å². The predicted octanol–water partition coefficient (Wildman–Crippen LogP) is 4.18. The highest BCUT2D eigenvalue weighted by Crippen LogP contribution is 2.17. The average Bonchev–Trinajstić information content (AvgIpc) is 2.45. The van der Waals surface area contributed by atoms with Crippen LogP contribution in [0.4, 0.5) is 0 Å². The maximum absolute atomic E-state index is 5.52. The monoisotopic (exact) mass is 295 g/mol. The van der Waals surface area contributed by atoms with E-state index in [0.29, 0.717) is 6.61 Å². The van der Waals surface area contributed by atoms with E-state index in [2.05, 4.69) is 24.2 Å². The van der Waals surface area contributed by atoms with Gasteiger partial charge in [0.1, 0.15) is 12.4 Å². The van der Waals surface area contributed by atoms with Crippen molar-refractivity contribution >= 4 is 12.4 Å². The van der Waals surface area contributed by atoms with E-state index in [1.165, 1.54) is 37.7 Å². The summed E-state index contributed by atoms with van der Waals surface area (Å²) >= 11 is 0. The second-order valence-corrected chi connectivity index (χ2v) is 4.69. The molecule has 0 saturated heterocycles. The number of ether oxygens (including phenoxy) is 1. The third-order valence-electron chi connectivity index (χ3n) is 3.06.